The van der Waals surface area contributed by atoms with Crippen LogP contribution in [0.15, 0.2) is 0 Å². The predicted octanol–water partition coefficient (Wildman–Crippen LogP) is 2.89. The maximum Gasteiger partial charge on any atom is 0.0194 e. The van der Waals surface area contributed by atoms with E-state index in [0.29, 0.717) is 0 Å². The standard InChI is InChI=1S/C16H30N2/c1-2-4-15-11-18(10-3-9-17-15)12-16(13-5-6-13)14-7-8-14/h13-17H,2-12H2,1H3. The fourth-order valence-corrected chi connectivity index (χ4v) is 3.81. The fourth-order valence-electron chi connectivity index (χ4n) is 3.81. The number of rotatable bonds is 6. The molecule has 0 aromatic carbocycles. The molecule has 1 saturated heterocycles. The molecular weight excluding hydrogens is 220 g/mol. The van der Waals surface area contributed by atoms with E-state index in [1.54, 1.807) is 0 Å². The minimum Gasteiger partial charge on any atom is -0.313 e. The van der Waals surface area contributed by atoms with E-state index in [4.69, 9.17) is 0 Å². The van der Waals surface area contributed by atoms with E-state index in [9.17, 15) is 0 Å². The SMILES string of the molecule is CCCC1CN(CC(C2CC2)C2CC2)CCCN1. The normalized spacial score (nSPS) is 30.7. The van der Waals surface area contributed by atoms with Crippen LogP contribution in [0.2, 0.25) is 0 Å². The van der Waals surface area contributed by atoms with Crippen molar-refractivity contribution in [2.24, 2.45) is 17.8 Å². The first kappa shape index (κ1) is 12.9. The molecule has 0 radical (unpaired) electrons. The third-order valence-corrected chi connectivity index (χ3v) is 5.12. The van der Waals surface area contributed by atoms with Crippen molar-refractivity contribution in [1.82, 2.24) is 10.2 Å². The second kappa shape index (κ2) is 5.92. The van der Waals surface area contributed by atoms with E-state index < -0.39 is 0 Å². The average molecular weight is 250 g/mol. The van der Waals surface area contributed by atoms with Crippen molar-refractivity contribution in [2.75, 3.05) is 26.2 Å². The largest absolute Gasteiger partial charge is 0.313 e. The molecule has 0 amide bonds. The molecule has 0 aromatic heterocycles. The van der Waals surface area contributed by atoms with Gasteiger partial charge in [-0.25, -0.2) is 0 Å². The van der Waals surface area contributed by atoms with Crippen LogP contribution in [0.3, 0.4) is 0 Å². The Morgan fingerprint density at radius 3 is 2.50 bits per heavy atom. The van der Waals surface area contributed by atoms with Gasteiger partial charge in [0, 0.05) is 19.1 Å². The summed E-state index contributed by atoms with van der Waals surface area (Å²) < 4.78 is 0. The molecule has 3 rings (SSSR count). The summed E-state index contributed by atoms with van der Waals surface area (Å²) in [7, 11) is 0. The van der Waals surface area contributed by atoms with E-state index in [2.05, 4.69) is 17.1 Å². The Morgan fingerprint density at radius 2 is 1.89 bits per heavy atom. The molecule has 1 N–H and O–H groups in total. The molecule has 2 heteroatoms. The lowest BCUT2D eigenvalue weighted by molar-refractivity contribution is 0.197. The summed E-state index contributed by atoms with van der Waals surface area (Å²) in [4.78, 5) is 2.79. The summed E-state index contributed by atoms with van der Waals surface area (Å²) in [5, 5.41) is 3.73. The van der Waals surface area contributed by atoms with Crippen molar-refractivity contribution in [2.45, 2.75) is 57.9 Å². The second-order valence-electron chi connectivity index (χ2n) is 6.89. The molecule has 3 fully saturated rings. The number of nitrogens with zero attached hydrogens (tertiary/aromatic N) is 1. The molecule has 3 aliphatic rings. The summed E-state index contributed by atoms with van der Waals surface area (Å²) in [6, 6.07) is 0.761. The van der Waals surface area contributed by atoms with Gasteiger partial charge in [0.1, 0.15) is 0 Å². The highest BCUT2D eigenvalue weighted by Gasteiger charge is 2.42. The van der Waals surface area contributed by atoms with E-state index in [-0.39, 0.29) is 0 Å². The van der Waals surface area contributed by atoms with Gasteiger partial charge in [-0.2, -0.15) is 0 Å². The van der Waals surface area contributed by atoms with Crippen molar-refractivity contribution >= 4 is 0 Å². The lowest BCUT2D eigenvalue weighted by Crippen LogP contribution is -2.40. The Labute approximate surface area is 113 Å². The first-order valence-electron chi connectivity index (χ1n) is 8.32. The van der Waals surface area contributed by atoms with Gasteiger partial charge in [0.2, 0.25) is 0 Å². The molecule has 1 aliphatic heterocycles. The van der Waals surface area contributed by atoms with Crippen LogP contribution in [-0.2, 0) is 0 Å². The molecule has 2 nitrogen and oxygen atoms in total. The number of hydrogen-bond donors (Lipinski definition) is 1. The molecule has 1 atom stereocenters. The van der Waals surface area contributed by atoms with Crippen LogP contribution in [0.5, 0.6) is 0 Å². The summed E-state index contributed by atoms with van der Waals surface area (Å²) in [5.74, 6) is 3.28. The molecule has 1 unspecified atom stereocenters. The molecule has 0 aromatic rings. The Balaban J connectivity index is 1.52. The Kier molecular flexibility index (Phi) is 4.25. The van der Waals surface area contributed by atoms with Crippen LogP contribution < -0.4 is 5.32 Å². The average Bonchev–Trinajstić information content (AvgIpc) is 3.20. The number of hydrogen-bond acceptors (Lipinski definition) is 2. The summed E-state index contributed by atoms with van der Waals surface area (Å²) in [5.41, 5.74) is 0. The van der Waals surface area contributed by atoms with Gasteiger partial charge >= 0.3 is 0 Å². The monoisotopic (exact) mass is 250 g/mol. The second-order valence-corrected chi connectivity index (χ2v) is 6.89. The topological polar surface area (TPSA) is 15.3 Å². The summed E-state index contributed by atoms with van der Waals surface area (Å²) in [6.45, 7) is 7.61. The van der Waals surface area contributed by atoms with E-state index in [0.717, 1.165) is 23.8 Å². The first-order valence-corrected chi connectivity index (χ1v) is 8.32. The summed E-state index contributed by atoms with van der Waals surface area (Å²) >= 11 is 0. The van der Waals surface area contributed by atoms with Gasteiger partial charge in [0.25, 0.3) is 0 Å². The minimum absolute atomic E-state index is 0.761. The lowest BCUT2D eigenvalue weighted by atomic mass is 9.97. The predicted molar refractivity (Wildman–Crippen MR) is 76.7 cm³/mol. The zero-order valence-electron chi connectivity index (χ0n) is 12.0. The molecule has 1 heterocycles. The maximum absolute atomic E-state index is 3.73. The molecule has 104 valence electrons. The zero-order valence-corrected chi connectivity index (χ0v) is 12.0. The minimum atomic E-state index is 0.761. The molecular formula is C16H30N2. The van der Waals surface area contributed by atoms with E-state index in [1.807, 2.05) is 0 Å². The molecule has 0 bridgehead atoms. The van der Waals surface area contributed by atoms with Crippen molar-refractivity contribution < 1.29 is 0 Å². The van der Waals surface area contributed by atoms with Crippen molar-refractivity contribution in [3.05, 3.63) is 0 Å². The van der Waals surface area contributed by atoms with Gasteiger partial charge in [-0.3, -0.25) is 0 Å². The first-order chi connectivity index (χ1) is 8.86. The third-order valence-electron chi connectivity index (χ3n) is 5.12. The smallest absolute Gasteiger partial charge is 0.0194 e. The van der Waals surface area contributed by atoms with E-state index >= 15 is 0 Å². The van der Waals surface area contributed by atoms with Crippen LogP contribution in [-0.4, -0.2) is 37.1 Å². The van der Waals surface area contributed by atoms with Crippen molar-refractivity contribution in [3.8, 4) is 0 Å². The maximum atomic E-state index is 3.73. The third kappa shape index (κ3) is 3.48. The van der Waals surface area contributed by atoms with Gasteiger partial charge < -0.3 is 10.2 Å². The van der Waals surface area contributed by atoms with Crippen LogP contribution in [0.1, 0.15) is 51.9 Å². The van der Waals surface area contributed by atoms with Gasteiger partial charge in [0.05, 0.1) is 0 Å². The van der Waals surface area contributed by atoms with Gasteiger partial charge in [-0.1, -0.05) is 13.3 Å². The van der Waals surface area contributed by atoms with Crippen molar-refractivity contribution in [3.63, 3.8) is 0 Å². The number of nitrogens with one attached hydrogen (secondary N) is 1. The molecule has 0 spiro atoms. The van der Waals surface area contributed by atoms with Gasteiger partial charge in [-0.15, -0.1) is 0 Å². The van der Waals surface area contributed by atoms with Gasteiger partial charge in [0.15, 0.2) is 0 Å². The molecule has 2 saturated carbocycles. The highest BCUT2D eigenvalue weighted by atomic mass is 15.2. The Bertz CT molecular complexity index is 246. The quantitative estimate of drug-likeness (QED) is 0.780. The van der Waals surface area contributed by atoms with Crippen LogP contribution in [0, 0.1) is 17.8 Å². The zero-order chi connectivity index (χ0) is 12.4. The Hall–Kier alpha value is -0.0800. The van der Waals surface area contributed by atoms with Gasteiger partial charge in [-0.05, 0) is 69.4 Å². The highest BCUT2D eigenvalue weighted by molar-refractivity contribution is 4.93. The van der Waals surface area contributed by atoms with Crippen LogP contribution in [0.25, 0.3) is 0 Å². The molecule has 18 heavy (non-hydrogen) atoms. The molecule has 2 aliphatic carbocycles. The van der Waals surface area contributed by atoms with E-state index in [1.165, 1.54) is 71.1 Å². The Morgan fingerprint density at radius 1 is 1.17 bits per heavy atom. The van der Waals surface area contributed by atoms with Crippen LogP contribution >= 0.6 is 0 Å². The van der Waals surface area contributed by atoms with Crippen molar-refractivity contribution in [1.29, 1.82) is 0 Å². The fraction of sp³-hybridized carbons (Fsp3) is 1.00. The summed E-state index contributed by atoms with van der Waals surface area (Å²) in [6.07, 6.45) is 10.2. The van der Waals surface area contributed by atoms with Crippen LogP contribution in [0.4, 0.5) is 0 Å². The highest BCUT2D eigenvalue weighted by Crippen LogP contribution is 2.49. The lowest BCUT2D eigenvalue weighted by Gasteiger charge is -2.28.